The van der Waals surface area contributed by atoms with E-state index in [2.05, 4.69) is 11.4 Å². The van der Waals surface area contributed by atoms with Gasteiger partial charge in [0.05, 0.1) is 13.2 Å². The lowest BCUT2D eigenvalue weighted by molar-refractivity contribution is -0.142. The van der Waals surface area contributed by atoms with Crippen LogP contribution in [0.25, 0.3) is 0 Å². The second kappa shape index (κ2) is 13.2. The van der Waals surface area contributed by atoms with Crippen molar-refractivity contribution in [2.45, 2.75) is 85.9 Å². The van der Waals surface area contributed by atoms with Crippen LogP contribution in [0.5, 0.6) is 11.5 Å². The monoisotopic (exact) mass is 482 g/mol. The van der Waals surface area contributed by atoms with Crippen LogP contribution in [0.3, 0.4) is 0 Å². The second-order valence-corrected chi connectivity index (χ2v) is 9.82. The molecule has 0 saturated carbocycles. The minimum Gasteiger partial charge on any atom is -0.490 e. The largest absolute Gasteiger partial charge is 0.490 e. The van der Waals surface area contributed by atoms with Crippen LogP contribution in [-0.2, 0) is 22.6 Å². The molecule has 35 heavy (non-hydrogen) atoms. The lowest BCUT2D eigenvalue weighted by atomic mass is 10.0. The van der Waals surface area contributed by atoms with E-state index in [1.54, 1.807) is 4.90 Å². The third-order valence-corrected chi connectivity index (χ3v) is 5.55. The molecular formula is C29H42N2O4. The molecule has 0 bridgehead atoms. The van der Waals surface area contributed by atoms with Crippen LogP contribution in [0.2, 0.25) is 0 Å². The quantitative estimate of drug-likeness (QED) is 0.437. The molecule has 2 rings (SSSR count). The molecule has 0 aromatic heterocycles. The van der Waals surface area contributed by atoms with E-state index in [0.717, 1.165) is 16.7 Å². The third-order valence-electron chi connectivity index (χ3n) is 5.55. The van der Waals surface area contributed by atoms with Crippen molar-refractivity contribution in [1.29, 1.82) is 0 Å². The highest BCUT2D eigenvalue weighted by Gasteiger charge is 2.30. The van der Waals surface area contributed by atoms with Gasteiger partial charge >= 0.3 is 0 Å². The number of rotatable bonds is 12. The summed E-state index contributed by atoms with van der Waals surface area (Å²) in [6, 6.07) is 13.3. The summed E-state index contributed by atoms with van der Waals surface area (Å²) in [6.45, 7) is 15.2. The average molecular weight is 483 g/mol. The van der Waals surface area contributed by atoms with E-state index in [4.69, 9.17) is 9.47 Å². The summed E-state index contributed by atoms with van der Waals surface area (Å²) in [5.74, 6) is 1.22. The summed E-state index contributed by atoms with van der Waals surface area (Å²) in [7, 11) is 0. The van der Waals surface area contributed by atoms with Crippen LogP contribution in [-0.4, -0.2) is 41.5 Å². The van der Waals surface area contributed by atoms with E-state index in [-0.39, 0.29) is 17.4 Å². The number of aryl methyl sites for hydroxylation is 2. The summed E-state index contributed by atoms with van der Waals surface area (Å²) in [4.78, 5) is 28.4. The molecule has 0 radical (unpaired) electrons. The Morgan fingerprint density at radius 3 is 2.23 bits per heavy atom. The fourth-order valence-electron chi connectivity index (χ4n) is 4.03. The van der Waals surface area contributed by atoms with E-state index >= 15 is 0 Å². The van der Waals surface area contributed by atoms with Gasteiger partial charge in [0.15, 0.2) is 11.5 Å². The minimum atomic E-state index is -0.540. The Morgan fingerprint density at radius 1 is 0.943 bits per heavy atom. The molecule has 0 heterocycles. The number of nitrogens with one attached hydrogen (secondary N) is 1. The SMILES string of the molecule is CCOc1ccc(CCC(=O)N(Cc2cccc(C)c2)[C@H](CC)C(=O)NC(C)(C)C)cc1OCC. The maximum atomic E-state index is 13.5. The number of nitrogens with zero attached hydrogens (tertiary/aromatic N) is 1. The summed E-state index contributed by atoms with van der Waals surface area (Å²) < 4.78 is 11.4. The van der Waals surface area contributed by atoms with Crippen LogP contribution in [0.4, 0.5) is 0 Å². The Kier molecular flexibility index (Phi) is 10.6. The zero-order chi connectivity index (χ0) is 26.0. The summed E-state index contributed by atoms with van der Waals surface area (Å²) in [6.07, 6.45) is 1.38. The Hall–Kier alpha value is -3.02. The van der Waals surface area contributed by atoms with Crippen LogP contribution >= 0.6 is 0 Å². The molecule has 2 aromatic carbocycles. The predicted octanol–water partition coefficient (Wildman–Crippen LogP) is 5.45. The van der Waals surface area contributed by atoms with Crippen molar-refractivity contribution >= 4 is 11.8 Å². The Balaban J connectivity index is 2.25. The second-order valence-electron chi connectivity index (χ2n) is 9.82. The fourth-order valence-corrected chi connectivity index (χ4v) is 4.03. The lowest BCUT2D eigenvalue weighted by Gasteiger charge is -2.33. The average Bonchev–Trinajstić information content (AvgIpc) is 2.78. The third kappa shape index (κ3) is 8.93. The van der Waals surface area contributed by atoms with Gasteiger partial charge in [-0.05, 0) is 77.6 Å². The number of benzene rings is 2. The van der Waals surface area contributed by atoms with E-state index in [0.29, 0.717) is 50.5 Å². The van der Waals surface area contributed by atoms with E-state index in [1.165, 1.54) is 0 Å². The molecule has 6 heteroatoms. The highest BCUT2D eigenvalue weighted by Crippen LogP contribution is 2.29. The van der Waals surface area contributed by atoms with Crippen molar-refractivity contribution in [3.63, 3.8) is 0 Å². The first-order chi connectivity index (χ1) is 16.6. The minimum absolute atomic E-state index is 0.0470. The van der Waals surface area contributed by atoms with Crippen molar-refractivity contribution in [2.24, 2.45) is 0 Å². The molecule has 1 N–H and O–H groups in total. The Bertz CT molecular complexity index is 981. The number of carbonyl (C=O) groups is 2. The van der Waals surface area contributed by atoms with Gasteiger partial charge in [0.2, 0.25) is 11.8 Å². The normalized spacial score (nSPS) is 12.1. The zero-order valence-electron chi connectivity index (χ0n) is 22.4. The molecule has 0 aliphatic carbocycles. The first kappa shape index (κ1) is 28.2. The van der Waals surface area contributed by atoms with E-state index < -0.39 is 6.04 Å². The van der Waals surface area contributed by atoms with Gasteiger partial charge < -0.3 is 19.7 Å². The van der Waals surface area contributed by atoms with E-state index in [9.17, 15) is 9.59 Å². The van der Waals surface area contributed by atoms with Crippen molar-refractivity contribution in [2.75, 3.05) is 13.2 Å². The molecule has 192 valence electrons. The van der Waals surface area contributed by atoms with Gasteiger partial charge in [-0.1, -0.05) is 42.8 Å². The standard InChI is InChI=1S/C29H42N2O4/c1-8-24(28(33)30-29(5,6)7)31(20-23-13-11-12-21(4)18-23)27(32)17-15-22-14-16-25(34-9-2)26(19-22)35-10-3/h11-14,16,18-19,24H,8-10,15,17,20H2,1-7H3,(H,30,33)/t24-/m1/s1. The van der Waals surface area contributed by atoms with Gasteiger partial charge in [-0.2, -0.15) is 0 Å². The topological polar surface area (TPSA) is 67.9 Å². The summed E-state index contributed by atoms with van der Waals surface area (Å²) in [5, 5.41) is 3.05. The van der Waals surface area contributed by atoms with Gasteiger partial charge in [0.1, 0.15) is 6.04 Å². The van der Waals surface area contributed by atoms with Crippen molar-refractivity contribution in [3.8, 4) is 11.5 Å². The van der Waals surface area contributed by atoms with Crippen LogP contribution in [0.1, 0.15) is 71.1 Å². The van der Waals surface area contributed by atoms with Gasteiger partial charge in [-0.15, -0.1) is 0 Å². The summed E-state index contributed by atoms with van der Waals surface area (Å²) in [5.41, 5.74) is 2.76. The van der Waals surface area contributed by atoms with Crippen LogP contribution < -0.4 is 14.8 Å². The zero-order valence-corrected chi connectivity index (χ0v) is 22.4. The lowest BCUT2D eigenvalue weighted by Crippen LogP contribution is -2.53. The number of carbonyl (C=O) groups excluding carboxylic acids is 2. The molecule has 0 unspecified atom stereocenters. The number of amides is 2. The molecule has 2 amide bonds. The predicted molar refractivity (Wildman–Crippen MR) is 141 cm³/mol. The fraction of sp³-hybridized carbons (Fsp3) is 0.517. The molecule has 0 spiro atoms. The molecule has 0 aliphatic heterocycles. The molecular weight excluding hydrogens is 440 g/mol. The maximum absolute atomic E-state index is 13.5. The van der Waals surface area contributed by atoms with Crippen LogP contribution in [0, 0.1) is 6.92 Å². The highest BCUT2D eigenvalue weighted by molar-refractivity contribution is 5.88. The molecule has 0 aliphatic rings. The molecule has 1 atom stereocenters. The number of ether oxygens (including phenoxy) is 2. The number of hydrogen-bond donors (Lipinski definition) is 1. The molecule has 0 fully saturated rings. The van der Waals surface area contributed by atoms with Gasteiger partial charge in [0, 0.05) is 18.5 Å². The van der Waals surface area contributed by atoms with Crippen molar-refractivity contribution in [1.82, 2.24) is 10.2 Å². The first-order valence-electron chi connectivity index (χ1n) is 12.6. The molecule has 6 nitrogen and oxygen atoms in total. The maximum Gasteiger partial charge on any atom is 0.243 e. The molecule has 0 saturated heterocycles. The summed E-state index contributed by atoms with van der Waals surface area (Å²) >= 11 is 0. The molecule has 2 aromatic rings. The van der Waals surface area contributed by atoms with Gasteiger partial charge in [-0.25, -0.2) is 0 Å². The van der Waals surface area contributed by atoms with Crippen molar-refractivity contribution < 1.29 is 19.1 Å². The van der Waals surface area contributed by atoms with Crippen molar-refractivity contribution in [3.05, 3.63) is 59.2 Å². The smallest absolute Gasteiger partial charge is 0.243 e. The Labute approximate surface area is 211 Å². The first-order valence-corrected chi connectivity index (χ1v) is 12.6. The van der Waals surface area contributed by atoms with Gasteiger partial charge in [0.25, 0.3) is 0 Å². The highest BCUT2D eigenvalue weighted by atomic mass is 16.5. The Morgan fingerprint density at radius 2 is 1.63 bits per heavy atom. The van der Waals surface area contributed by atoms with Crippen LogP contribution in [0.15, 0.2) is 42.5 Å². The van der Waals surface area contributed by atoms with Gasteiger partial charge in [-0.3, -0.25) is 9.59 Å². The number of hydrogen-bond acceptors (Lipinski definition) is 4. The van der Waals surface area contributed by atoms with E-state index in [1.807, 2.05) is 84.9 Å².